The van der Waals surface area contributed by atoms with Crippen LogP contribution in [0, 0.1) is 0 Å². The highest BCUT2D eigenvalue weighted by Gasteiger charge is 2.10. The van der Waals surface area contributed by atoms with E-state index in [0.717, 1.165) is 22.1 Å². The molecule has 4 aromatic rings. The summed E-state index contributed by atoms with van der Waals surface area (Å²) in [4.78, 5) is 16.5. The Morgan fingerprint density at radius 1 is 0.917 bits per heavy atom. The molecule has 0 aliphatic rings. The van der Waals surface area contributed by atoms with Gasteiger partial charge in [0.15, 0.2) is 0 Å². The lowest BCUT2D eigenvalue weighted by Gasteiger charge is -2.09. The number of nitrogens with zero attached hydrogens (tertiary/aromatic N) is 3. The van der Waals surface area contributed by atoms with Crippen LogP contribution < -0.4 is 5.32 Å². The molecular weight excluding hydrogens is 300 g/mol. The molecule has 5 heteroatoms. The van der Waals surface area contributed by atoms with Crippen LogP contribution in [0.1, 0.15) is 10.4 Å². The Labute approximate surface area is 138 Å². The molecule has 1 N–H and O–H groups in total. The number of aromatic nitrogens is 3. The lowest BCUT2D eigenvalue weighted by molar-refractivity contribution is 0.102. The van der Waals surface area contributed by atoms with Crippen LogP contribution in [-0.2, 0) is 0 Å². The van der Waals surface area contributed by atoms with E-state index in [0.29, 0.717) is 5.56 Å². The number of fused-ring (bicyclic) bond motifs is 1. The number of hydrogen-bond acceptors (Lipinski definition) is 3. The molecule has 1 aromatic heterocycles. The van der Waals surface area contributed by atoms with Crippen LogP contribution in [0.2, 0.25) is 0 Å². The van der Waals surface area contributed by atoms with Gasteiger partial charge in [-0.2, -0.15) is 5.10 Å². The van der Waals surface area contributed by atoms with Gasteiger partial charge in [-0.1, -0.05) is 36.4 Å². The van der Waals surface area contributed by atoms with Crippen molar-refractivity contribution in [3.63, 3.8) is 0 Å². The van der Waals surface area contributed by atoms with Crippen LogP contribution in [0.4, 0.5) is 5.69 Å². The molecule has 0 atom stereocenters. The van der Waals surface area contributed by atoms with Crippen molar-refractivity contribution < 1.29 is 4.79 Å². The second-order valence-corrected chi connectivity index (χ2v) is 5.37. The Kier molecular flexibility index (Phi) is 3.51. The Bertz CT molecular complexity index is 986. The number of rotatable bonds is 3. The molecule has 0 spiro atoms. The van der Waals surface area contributed by atoms with Gasteiger partial charge in [-0.15, -0.1) is 0 Å². The van der Waals surface area contributed by atoms with Gasteiger partial charge in [0.2, 0.25) is 0 Å². The number of carbonyl (C=O) groups excluding carboxylic acids is 1. The summed E-state index contributed by atoms with van der Waals surface area (Å²) in [5, 5.41) is 9.00. The quantitative estimate of drug-likeness (QED) is 0.627. The number of anilines is 1. The van der Waals surface area contributed by atoms with Crippen LogP contribution in [0.5, 0.6) is 0 Å². The van der Waals surface area contributed by atoms with Gasteiger partial charge in [0.1, 0.15) is 12.7 Å². The Morgan fingerprint density at radius 2 is 1.71 bits per heavy atom. The Hall–Kier alpha value is -3.47. The Balaban J connectivity index is 1.59. The predicted octanol–water partition coefficient (Wildman–Crippen LogP) is 3.67. The summed E-state index contributed by atoms with van der Waals surface area (Å²) in [6.45, 7) is 0. The highest BCUT2D eigenvalue weighted by Crippen LogP contribution is 2.20. The average molecular weight is 314 g/mol. The van der Waals surface area contributed by atoms with Gasteiger partial charge < -0.3 is 5.32 Å². The van der Waals surface area contributed by atoms with Gasteiger partial charge in [-0.05, 0) is 41.1 Å². The van der Waals surface area contributed by atoms with Crippen LogP contribution in [0.3, 0.4) is 0 Å². The van der Waals surface area contributed by atoms with Crippen molar-refractivity contribution in [1.29, 1.82) is 0 Å². The first-order chi connectivity index (χ1) is 11.8. The minimum Gasteiger partial charge on any atom is -0.322 e. The van der Waals surface area contributed by atoms with E-state index in [1.54, 1.807) is 11.0 Å². The molecule has 0 aliphatic heterocycles. The minimum absolute atomic E-state index is 0.125. The minimum atomic E-state index is -0.125. The van der Waals surface area contributed by atoms with Crippen molar-refractivity contribution in [3.8, 4) is 5.69 Å². The standard InChI is InChI=1S/C19H14N4O/c24-19(18-7-3-5-14-4-1-2-6-17(14)18)22-15-8-10-16(11-9-15)23-13-20-12-21-23/h1-13H,(H,22,24). The van der Waals surface area contributed by atoms with E-state index < -0.39 is 0 Å². The summed E-state index contributed by atoms with van der Waals surface area (Å²) < 4.78 is 1.66. The van der Waals surface area contributed by atoms with Crippen LogP contribution in [0.15, 0.2) is 79.4 Å². The second-order valence-electron chi connectivity index (χ2n) is 5.37. The summed E-state index contributed by atoms with van der Waals surface area (Å²) in [6.07, 6.45) is 3.11. The summed E-state index contributed by atoms with van der Waals surface area (Å²) in [6, 6.07) is 21.0. The lowest BCUT2D eigenvalue weighted by atomic mass is 10.0. The van der Waals surface area contributed by atoms with Crippen molar-refractivity contribution >= 4 is 22.4 Å². The van der Waals surface area contributed by atoms with E-state index in [1.807, 2.05) is 66.7 Å². The molecule has 5 nitrogen and oxygen atoms in total. The average Bonchev–Trinajstić information content (AvgIpc) is 3.16. The van der Waals surface area contributed by atoms with Gasteiger partial charge in [-0.25, -0.2) is 9.67 Å². The highest BCUT2D eigenvalue weighted by atomic mass is 16.1. The van der Waals surface area contributed by atoms with Crippen LogP contribution in [0.25, 0.3) is 16.5 Å². The van der Waals surface area contributed by atoms with E-state index in [9.17, 15) is 4.79 Å². The third-order valence-electron chi connectivity index (χ3n) is 3.84. The summed E-state index contributed by atoms with van der Waals surface area (Å²) in [7, 11) is 0. The SMILES string of the molecule is O=C(Nc1ccc(-n2cncn2)cc1)c1cccc2ccccc12. The fraction of sp³-hybridized carbons (Fsp3) is 0. The van der Waals surface area contributed by atoms with Gasteiger partial charge in [0, 0.05) is 11.3 Å². The summed E-state index contributed by atoms with van der Waals surface area (Å²) in [5.41, 5.74) is 2.28. The van der Waals surface area contributed by atoms with Crippen molar-refractivity contribution in [3.05, 3.63) is 84.9 Å². The van der Waals surface area contributed by atoms with Crippen molar-refractivity contribution in [1.82, 2.24) is 14.8 Å². The number of hydrogen-bond donors (Lipinski definition) is 1. The highest BCUT2D eigenvalue weighted by molar-refractivity contribution is 6.12. The first-order valence-corrected chi connectivity index (χ1v) is 7.55. The van der Waals surface area contributed by atoms with E-state index in [4.69, 9.17) is 0 Å². The normalized spacial score (nSPS) is 10.7. The molecule has 0 unspecified atom stereocenters. The van der Waals surface area contributed by atoms with Gasteiger partial charge in [-0.3, -0.25) is 4.79 Å². The number of nitrogens with one attached hydrogen (secondary N) is 1. The maximum atomic E-state index is 12.6. The van der Waals surface area contributed by atoms with Crippen molar-refractivity contribution in [2.45, 2.75) is 0 Å². The molecule has 0 radical (unpaired) electrons. The topological polar surface area (TPSA) is 59.8 Å². The lowest BCUT2D eigenvalue weighted by Crippen LogP contribution is -2.12. The number of carbonyl (C=O) groups is 1. The van der Waals surface area contributed by atoms with Gasteiger partial charge in [0.05, 0.1) is 5.69 Å². The molecule has 0 aliphatic carbocycles. The molecule has 116 valence electrons. The second kappa shape index (κ2) is 5.96. The van der Waals surface area contributed by atoms with E-state index in [2.05, 4.69) is 15.4 Å². The third kappa shape index (κ3) is 2.63. The monoisotopic (exact) mass is 314 g/mol. The van der Waals surface area contributed by atoms with E-state index in [1.165, 1.54) is 6.33 Å². The molecule has 4 rings (SSSR count). The molecule has 24 heavy (non-hydrogen) atoms. The molecule has 0 fully saturated rings. The van der Waals surface area contributed by atoms with E-state index in [-0.39, 0.29) is 5.91 Å². The fourth-order valence-corrected chi connectivity index (χ4v) is 2.66. The largest absolute Gasteiger partial charge is 0.322 e. The predicted molar refractivity (Wildman–Crippen MR) is 93.3 cm³/mol. The zero-order valence-electron chi connectivity index (χ0n) is 12.8. The summed E-state index contributed by atoms with van der Waals surface area (Å²) in [5.74, 6) is -0.125. The van der Waals surface area contributed by atoms with Crippen molar-refractivity contribution in [2.75, 3.05) is 5.32 Å². The first-order valence-electron chi connectivity index (χ1n) is 7.55. The zero-order chi connectivity index (χ0) is 16.4. The molecule has 0 saturated heterocycles. The van der Waals surface area contributed by atoms with E-state index >= 15 is 0 Å². The Morgan fingerprint density at radius 3 is 2.50 bits per heavy atom. The fourth-order valence-electron chi connectivity index (χ4n) is 2.66. The molecule has 1 amide bonds. The smallest absolute Gasteiger partial charge is 0.256 e. The van der Waals surface area contributed by atoms with Gasteiger partial charge in [0.25, 0.3) is 5.91 Å². The molecule has 1 heterocycles. The molecule has 3 aromatic carbocycles. The first kappa shape index (κ1) is 14.1. The maximum absolute atomic E-state index is 12.6. The molecule has 0 bridgehead atoms. The molecule has 0 saturated carbocycles. The van der Waals surface area contributed by atoms with Crippen LogP contribution in [-0.4, -0.2) is 20.7 Å². The number of amides is 1. The third-order valence-corrected chi connectivity index (χ3v) is 3.84. The van der Waals surface area contributed by atoms with Crippen molar-refractivity contribution in [2.24, 2.45) is 0 Å². The molecular formula is C19H14N4O. The number of benzene rings is 3. The maximum Gasteiger partial charge on any atom is 0.256 e. The zero-order valence-corrected chi connectivity index (χ0v) is 12.8. The summed E-state index contributed by atoms with van der Waals surface area (Å²) >= 11 is 0. The van der Waals surface area contributed by atoms with Crippen LogP contribution >= 0.6 is 0 Å². The van der Waals surface area contributed by atoms with Gasteiger partial charge >= 0.3 is 0 Å².